The Morgan fingerprint density at radius 1 is 1.29 bits per heavy atom. The Hall–Kier alpha value is -0.950. The first kappa shape index (κ1) is 11.1. The predicted molar refractivity (Wildman–Crippen MR) is 54.1 cm³/mol. The van der Waals surface area contributed by atoms with Gasteiger partial charge in [0, 0.05) is 12.1 Å². The van der Waals surface area contributed by atoms with Gasteiger partial charge in [-0.2, -0.15) is 0 Å². The van der Waals surface area contributed by atoms with Crippen LogP contribution in [0.1, 0.15) is 0 Å². The summed E-state index contributed by atoms with van der Waals surface area (Å²) in [6.45, 7) is 0. The number of halogens is 1. The van der Waals surface area contributed by atoms with E-state index in [1.807, 2.05) is 0 Å². The summed E-state index contributed by atoms with van der Waals surface area (Å²) in [6.07, 6.45) is 0. The summed E-state index contributed by atoms with van der Waals surface area (Å²) in [4.78, 5) is 9.77. The molecule has 0 saturated heterocycles. The molecule has 76 valence electrons. The standard InChI is InChI=1S/C7H6BrNO4S/c8-5-14(12,13)7-3-1-6(2-4-7)9(10)11/h1-4H,5H2. The summed E-state index contributed by atoms with van der Waals surface area (Å²) >= 11 is 2.83. The minimum Gasteiger partial charge on any atom is -0.258 e. The maximum absolute atomic E-state index is 11.3. The smallest absolute Gasteiger partial charge is 0.258 e. The molecule has 0 N–H and O–H groups in total. The number of nitrogens with zero attached hydrogens (tertiary/aromatic N) is 1. The van der Waals surface area contributed by atoms with Crippen LogP contribution in [-0.4, -0.2) is 18.0 Å². The first-order valence-electron chi connectivity index (χ1n) is 3.50. The van der Waals surface area contributed by atoms with Crippen molar-refractivity contribution in [2.45, 2.75) is 4.90 Å². The molecule has 0 radical (unpaired) electrons. The lowest BCUT2D eigenvalue weighted by atomic mass is 10.3. The van der Waals surface area contributed by atoms with E-state index < -0.39 is 14.8 Å². The van der Waals surface area contributed by atoms with Crippen LogP contribution >= 0.6 is 15.9 Å². The average molecular weight is 280 g/mol. The Bertz CT molecular complexity index is 439. The molecule has 0 aliphatic carbocycles. The number of hydrogen-bond donors (Lipinski definition) is 0. The maximum Gasteiger partial charge on any atom is 0.269 e. The van der Waals surface area contributed by atoms with Gasteiger partial charge in [-0.3, -0.25) is 10.1 Å². The Balaban J connectivity index is 3.12. The van der Waals surface area contributed by atoms with Crippen molar-refractivity contribution in [2.24, 2.45) is 0 Å². The van der Waals surface area contributed by atoms with Gasteiger partial charge in [0.25, 0.3) is 5.69 Å². The molecule has 0 unspecified atom stereocenters. The van der Waals surface area contributed by atoms with Crippen molar-refractivity contribution in [1.82, 2.24) is 0 Å². The summed E-state index contributed by atoms with van der Waals surface area (Å²) in [5, 5.41) is 10.3. The number of alkyl halides is 1. The van der Waals surface area contributed by atoms with Gasteiger partial charge in [0.1, 0.15) is 4.66 Å². The van der Waals surface area contributed by atoms with Crippen LogP contribution in [0.15, 0.2) is 29.2 Å². The largest absolute Gasteiger partial charge is 0.269 e. The van der Waals surface area contributed by atoms with E-state index in [2.05, 4.69) is 15.9 Å². The van der Waals surface area contributed by atoms with E-state index in [4.69, 9.17) is 0 Å². The highest BCUT2D eigenvalue weighted by atomic mass is 79.9. The molecule has 1 aromatic carbocycles. The van der Waals surface area contributed by atoms with E-state index in [-0.39, 0.29) is 15.2 Å². The van der Waals surface area contributed by atoms with E-state index in [9.17, 15) is 18.5 Å². The number of nitro groups is 1. The normalized spacial score (nSPS) is 11.2. The zero-order valence-electron chi connectivity index (χ0n) is 6.88. The molecular weight excluding hydrogens is 274 g/mol. The Labute approximate surface area is 88.9 Å². The molecule has 0 fully saturated rings. The second-order valence-corrected chi connectivity index (χ2v) is 5.77. The predicted octanol–water partition coefficient (Wildman–Crippen LogP) is 1.72. The van der Waals surface area contributed by atoms with Gasteiger partial charge >= 0.3 is 0 Å². The van der Waals surface area contributed by atoms with Crippen molar-refractivity contribution >= 4 is 31.5 Å². The van der Waals surface area contributed by atoms with Crippen molar-refractivity contribution in [1.29, 1.82) is 0 Å². The molecule has 0 saturated carbocycles. The second-order valence-electron chi connectivity index (χ2n) is 2.47. The number of rotatable bonds is 3. The molecule has 14 heavy (non-hydrogen) atoms. The molecule has 5 nitrogen and oxygen atoms in total. The maximum atomic E-state index is 11.3. The Kier molecular flexibility index (Phi) is 3.22. The van der Waals surface area contributed by atoms with Gasteiger partial charge in [-0.15, -0.1) is 0 Å². The van der Waals surface area contributed by atoms with Gasteiger partial charge in [0.2, 0.25) is 0 Å². The van der Waals surface area contributed by atoms with E-state index in [0.717, 1.165) is 12.1 Å². The Morgan fingerprint density at radius 3 is 2.14 bits per heavy atom. The summed E-state index contributed by atoms with van der Waals surface area (Å²) < 4.78 is 22.3. The van der Waals surface area contributed by atoms with Crippen LogP contribution in [0.4, 0.5) is 5.69 Å². The second kappa shape index (κ2) is 4.05. The van der Waals surface area contributed by atoms with Gasteiger partial charge in [-0.25, -0.2) is 8.42 Å². The first-order valence-corrected chi connectivity index (χ1v) is 6.28. The fraction of sp³-hybridized carbons (Fsp3) is 0.143. The molecule has 0 atom stereocenters. The molecular formula is C7H6BrNO4S. The Morgan fingerprint density at radius 2 is 1.79 bits per heavy atom. The van der Waals surface area contributed by atoms with E-state index >= 15 is 0 Å². The first-order chi connectivity index (χ1) is 6.47. The highest BCUT2D eigenvalue weighted by Crippen LogP contribution is 2.17. The van der Waals surface area contributed by atoms with Crippen molar-refractivity contribution in [3.8, 4) is 0 Å². The summed E-state index contributed by atoms with van der Waals surface area (Å²) in [6, 6.07) is 4.76. The van der Waals surface area contributed by atoms with Crippen LogP contribution in [0.5, 0.6) is 0 Å². The van der Waals surface area contributed by atoms with E-state index in [0.29, 0.717) is 0 Å². The monoisotopic (exact) mass is 279 g/mol. The molecule has 0 heterocycles. The molecule has 1 aromatic rings. The number of sulfone groups is 1. The highest BCUT2D eigenvalue weighted by Gasteiger charge is 2.13. The number of non-ortho nitro benzene ring substituents is 1. The van der Waals surface area contributed by atoms with Crippen LogP contribution in [0, 0.1) is 10.1 Å². The van der Waals surface area contributed by atoms with E-state index in [1.54, 1.807) is 0 Å². The van der Waals surface area contributed by atoms with Gasteiger partial charge in [0.15, 0.2) is 9.84 Å². The highest BCUT2D eigenvalue weighted by molar-refractivity contribution is 9.10. The lowest BCUT2D eigenvalue weighted by molar-refractivity contribution is -0.384. The molecule has 0 aliphatic rings. The number of hydrogen-bond acceptors (Lipinski definition) is 4. The molecule has 0 aromatic heterocycles. The van der Waals surface area contributed by atoms with Gasteiger partial charge in [-0.1, -0.05) is 15.9 Å². The van der Waals surface area contributed by atoms with Crippen molar-refractivity contribution in [2.75, 3.05) is 4.66 Å². The number of nitro benzene ring substituents is 1. The minimum absolute atomic E-state index is 0.0694. The summed E-state index contributed by atoms with van der Waals surface area (Å²) in [5.41, 5.74) is -0.126. The summed E-state index contributed by atoms with van der Waals surface area (Å²) in [5.74, 6) is 0. The topological polar surface area (TPSA) is 77.3 Å². The molecule has 0 bridgehead atoms. The summed E-state index contributed by atoms with van der Waals surface area (Å²) in [7, 11) is -3.35. The molecule has 0 spiro atoms. The molecule has 0 amide bonds. The molecule has 1 rings (SSSR count). The fourth-order valence-corrected chi connectivity index (χ4v) is 2.31. The third-order valence-electron chi connectivity index (χ3n) is 1.55. The minimum atomic E-state index is -3.35. The number of benzene rings is 1. The fourth-order valence-electron chi connectivity index (χ4n) is 0.838. The third kappa shape index (κ3) is 2.30. The third-order valence-corrected chi connectivity index (χ3v) is 4.64. The molecule has 0 aliphatic heterocycles. The van der Waals surface area contributed by atoms with Crippen LogP contribution in [0.25, 0.3) is 0 Å². The van der Waals surface area contributed by atoms with Crippen LogP contribution in [0.3, 0.4) is 0 Å². The van der Waals surface area contributed by atoms with E-state index in [1.165, 1.54) is 12.1 Å². The quantitative estimate of drug-likeness (QED) is 0.480. The van der Waals surface area contributed by atoms with Crippen LogP contribution in [0.2, 0.25) is 0 Å². The zero-order valence-corrected chi connectivity index (χ0v) is 9.29. The van der Waals surface area contributed by atoms with Crippen molar-refractivity contribution in [3.63, 3.8) is 0 Å². The molecule has 7 heteroatoms. The average Bonchev–Trinajstić information content (AvgIpc) is 2.18. The van der Waals surface area contributed by atoms with Crippen LogP contribution in [-0.2, 0) is 9.84 Å². The van der Waals surface area contributed by atoms with Crippen molar-refractivity contribution in [3.05, 3.63) is 34.4 Å². The lowest BCUT2D eigenvalue weighted by Gasteiger charge is -1.98. The van der Waals surface area contributed by atoms with Crippen molar-refractivity contribution < 1.29 is 13.3 Å². The van der Waals surface area contributed by atoms with Crippen LogP contribution < -0.4 is 0 Å². The van der Waals surface area contributed by atoms with Gasteiger partial charge < -0.3 is 0 Å². The van der Waals surface area contributed by atoms with Gasteiger partial charge in [0.05, 0.1) is 9.82 Å². The van der Waals surface area contributed by atoms with Gasteiger partial charge in [-0.05, 0) is 12.1 Å². The zero-order chi connectivity index (χ0) is 10.8. The SMILES string of the molecule is O=[N+]([O-])c1ccc(S(=O)(=O)CBr)cc1. The lowest BCUT2D eigenvalue weighted by Crippen LogP contribution is -2.01.